The highest BCUT2D eigenvalue weighted by atomic mass is 14.9. The second kappa shape index (κ2) is 7.41. The van der Waals surface area contributed by atoms with E-state index in [1.165, 1.54) is 24.8 Å². The summed E-state index contributed by atoms with van der Waals surface area (Å²) in [5.74, 6) is 0. The number of nitrogens with zero attached hydrogens (tertiary/aromatic N) is 1. The summed E-state index contributed by atoms with van der Waals surface area (Å²) in [7, 11) is 0. The smallest absolute Gasteiger partial charge is 0.0299 e. The Kier molecular flexibility index (Phi) is 6.02. The molecule has 15 heavy (non-hydrogen) atoms. The van der Waals surface area contributed by atoms with Gasteiger partial charge < -0.3 is 5.32 Å². The van der Waals surface area contributed by atoms with E-state index in [0.717, 1.165) is 13.0 Å². The van der Waals surface area contributed by atoms with Crippen LogP contribution in [0.4, 0.5) is 0 Å². The molecule has 1 rings (SSSR count). The molecule has 84 valence electrons. The van der Waals surface area contributed by atoms with E-state index in [0.29, 0.717) is 6.04 Å². The molecule has 1 atom stereocenters. The van der Waals surface area contributed by atoms with Crippen LogP contribution in [0.1, 0.15) is 38.7 Å². The van der Waals surface area contributed by atoms with Crippen LogP contribution >= 0.6 is 0 Å². The lowest BCUT2D eigenvalue weighted by Crippen LogP contribution is -2.29. The lowest BCUT2D eigenvalue weighted by molar-refractivity contribution is 0.459. The first-order valence-corrected chi connectivity index (χ1v) is 5.99. The van der Waals surface area contributed by atoms with Crippen molar-refractivity contribution in [2.45, 2.75) is 45.6 Å². The molecule has 0 fully saturated rings. The van der Waals surface area contributed by atoms with E-state index in [2.05, 4.69) is 30.2 Å². The molecule has 0 spiro atoms. The Morgan fingerprint density at radius 1 is 1.33 bits per heavy atom. The van der Waals surface area contributed by atoms with Gasteiger partial charge in [0.2, 0.25) is 0 Å². The summed E-state index contributed by atoms with van der Waals surface area (Å²) in [6.07, 6.45) is 8.67. The second-order valence-corrected chi connectivity index (χ2v) is 3.94. The van der Waals surface area contributed by atoms with Crippen molar-refractivity contribution in [2.75, 3.05) is 6.54 Å². The molecule has 1 aromatic heterocycles. The number of rotatable bonds is 7. The maximum absolute atomic E-state index is 4.13. The van der Waals surface area contributed by atoms with Crippen LogP contribution in [0.25, 0.3) is 0 Å². The molecule has 0 saturated carbocycles. The Hall–Kier alpha value is -0.890. The standard InChI is InChI=1S/C13H22N2/c1-3-6-13(15-4-2)9-8-12-7-5-10-14-11-12/h5,7,10-11,13,15H,3-4,6,8-9H2,1-2H3. The van der Waals surface area contributed by atoms with Gasteiger partial charge in [0.1, 0.15) is 0 Å². The second-order valence-electron chi connectivity index (χ2n) is 3.94. The van der Waals surface area contributed by atoms with Gasteiger partial charge in [0.15, 0.2) is 0 Å². The number of pyridine rings is 1. The number of aromatic nitrogens is 1. The van der Waals surface area contributed by atoms with Gasteiger partial charge in [-0.15, -0.1) is 0 Å². The molecule has 1 aromatic rings. The van der Waals surface area contributed by atoms with Crippen LogP contribution in [0.15, 0.2) is 24.5 Å². The number of hydrogen-bond acceptors (Lipinski definition) is 2. The van der Waals surface area contributed by atoms with Crippen molar-refractivity contribution in [3.05, 3.63) is 30.1 Å². The molecule has 2 heteroatoms. The Morgan fingerprint density at radius 2 is 2.20 bits per heavy atom. The van der Waals surface area contributed by atoms with Crippen molar-refractivity contribution in [3.8, 4) is 0 Å². The van der Waals surface area contributed by atoms with Crippen LogP contribution in [-0.2, 0) is 6.42 Å². The third kappa shape index (κ3) is 4.93. The van der Waals surface area contributed by atoms with Crippen LogP contribution in [0.2, 0.25) is 0 Å². The fourth-order valence-corrected chi connectivity index (χ4v) is 1.87. The molecule has 1 N–H and O–H groups in total. The molecule has 0 amide bonds. The zero-order valence-electron chi connectivity index (χ0n) is 9.87. The van der Waals surface area contributed by atoms with E-state index < -0.39 is 0 Å². The largest absolute Gasteiger partial charge is 0.314 e. The first kappa shape index (κ1) is 12.2. The maximum Gasteiger partial charge on any atom is 0.0299 e. The summed E-state index contributed by atoms with van der Waals surface area (Å²) >= 11 is 0. The molecule has 0 aliphatic carbocycles. The monoisotopic (exact) mass is 206 g/mol. The van der Waals surface area contributed by atoms with Crippen LogP contribution in [0, 0.1) is 0 Å². The van der Waals surface area contributed by atoms with Crippen LogP contribution in [0.5, 0.6) is 0 Å². The van der Waals surface area contributed by atoms with Crippen molar-refractivity contribution in [3.63, 3.8) is 0 Å². The SMILES string of the molecule is CCCC(CCc1cccnc1)NCC. The predicted octanol–water partition coefficient (Wildman–Crippen LogP) is 2.79. The van der Waals surface area contributed by atoms with Crippen molar-refractivity contribution < 1.29 is 0 Å². The van der Waals surface area contributed by atoms with Crippen molar-refractivity contribution in [2.24, 2.45) is 0 Å². The Labute approximate surface area is 93.1 Å². The molecule has 0 aromatic carbocycles. The van der Waals surface area contributed by atoms with Gasteiger partial charge in [-0.25, -0.2) is 0 Å². The molecule has 0 aliphatic rings. The highest BCUT2D eigenvalue weighted by molar-refractivity contribution is 5.08. The van der Waals surface area contributed by atoms with Gasteiger partial charge in [-0.05, 0) is 37.4 Å². The van der Waals surface area contributed by atoms with E-state index in [-0.39, 0.29) is 0 Å². The first-order chi connectivity index (χ1) is 7.36. The molecule has 0 saturated heterocycles. The van der Waals surface area contributed by atoms with Gasteiger partial charge in [0.25, 0.3) is 0 Å². The van der Waals surface area contributed by atoms with E-state index >= 15 is 0 Å². The summed E-state index contributed by atoms with van der Waals surface area (Å²) in [4.78, 5) is 4.13. The van der Waals surface area contributed by atoms with Gasteiger partial charge in [-0.2, -0.15) is 0 Å². The molecule has 2 nitrogen and oxygen atoms in total. The Morgan fingerprint density at radius 3 is 2.80 bits per heavy atom. The summed E-state index contributed by atoms with van der Waals surface area (Å²) in [5, 5.41) is 3.53. The molecule has 1 unspecified atom stereocenters. The van der Waals surface area contributed by atoms with E-state index in [9.17, 15) is 0 Å². The fraction of sp³-hybridized carbons (Fsp3) is 0.615. The lowest BCUT2D eigenvalue weighted by atomic mass is 10.0. The summed E-state index contributed by atoms with van der Waals surface area (Å²) in [5.41, 5.74) is 1.34. The zero-order chi connectivity index (χ0) is 10.9. The van der Waals surface area contributed by atoms with E-state index in [1.54, 1.807) is 0 Å². The highest BCUT2D eigenvalue weighted by Crippen LogP contribution is 2.07. The summed E-state index contributed by atoms with van der Waals surface area (Å²) in [6, 6.07) is 4.83. The van der Waals surface area contributed by atoms with Crippen molar-refractivity contribution in [1.29, 1.82) is 0 Å². The Balaban J connectivity index is 2.33. The number of aryl methyl sites for hydroxylation is 1. The quantitative estimate of drug-likeness (QED) is 0.742. The minimum absolute atomic E-state index is 0.667. The number of hydrogen-bond donors (Lipinski definition) is 1. The van der Waals surface area contributed by atoms with Crippen LogP contribution in [-0.4, -0.2) is 17.6 Å². The molecule has 0 aliphatic heterocycles. The molecule has 1 heterocycles. The van der Waals surface area contributed by atoms with Crippen LogP contribution in [0.3, 0.4) is 0 Å². The minimum Gasteiger partial charge on any atom is -0.314 e. The van der Waals surface area contributed by atoms with Gasteiger partial charge in [-0.3, -0.25) is 4.98 Å². The molecule has 0 radical (unpaired) electrons. The highest BCUT2D eigenvalue weighted by Gasteiger charge is 2.05. The van der Waals surface area contributed by atoms with E-state index in [1.807, 2.05) is 18.5 Å². The lowest BCUT2D eigenvalue weighted by Gasteiger charge is -2.16. The average Bonchev–Trinajstić information content (AvgIpc) is 2.28. The number of nitrogens with one attached hydrogen (secondary N) is 1. The Bertz CT molecular complexity index is 240. The van der Waals surface area contributed by atoms with Gasteiger partial charge >= 0.3 is 0 Å². The normalized spacial score (nSPS) is 12.7. The van der Waals surface area contributed by atoms with Crippen LogP contribution < -0.4 is 5.32 Å². The fourth-order valence-electron chi connectivity index (χ4n) is 1.87. The third-order valence-electron chi connectivity index (χ3n) is 2.63. The molecular formula is C13H22N2. The summed E-state index contributed by atoms with van der Waals surface area (Å²) < 4.78 is 0. The zero-order valence-corrected chi connectivity index (χ0v) is 9.87. The first-order valence-electron chi connectivity index (χ1n) is 5.99. The van der Waals surface area contributed by atoms with Crippen molar-refractivity contribution >= 4 is 0 Å². The third-order valence-corrected chi connectivity index (χ3v) is 2.63. The summed E-state index contributed by atoms with van der Waals surface area (Å²) in [6.45, 7) is 5.48. The minimum atomic E-state index is 0.667. The van der Waals surface area contributed by atoms with Crippen molar-refractivity contribution in [1.82, 2.24) is 10.3 Å². The molecule has 0 bridgehead atoms. The van der Waals surface area contributed by atoms with Gasteiger partial charge in [-0.1, -0.05) is 26.3 Å². The topological polar surface area (TPSA) is 24.9 Å². The van der Waals surface area contributed by atoms with E-state index in [4.69, 9.17) is 0 Å². The molecular weight excluding hydrogens is 184 g/mol. The van der Waals surface area contributed by atoms with Gasteiger partial charge in [0.05, 0.1) is 0 Å². The maximum atomic E-state index is 4.13. The predicted molar refractivity (Wildman–Crippen MR) is 64.9 cm³/mol. The average molecular weight is 206 g/mol. The van der Waals surface area contributed by atoms with Gasteiger partial charge in [0, 0.05) is 18.4 Å².